The van der Waals surface area contributed by atoms with Crippen LogP contribution in [-0.4, -0.2) is 35.0 Å². The molecule has 3 N–H and O–H groups in total. The number of nitrogens with one attached hydrogen (secondary N) is 3. The molecule has 0 aromatic heterocycles. The van der Waals surface area contributed by atoms with Gasteiger partial charge < -0.3 is 10.6 Å². The van der Waals surface area contributed by atoms with Crippen LogP contribution in [0.5, 0.6) is 0 Å². The van der Waals surface area contributed by atoms with Crippen molar-refractivity contribution in [2.45, 2.75) is 18.2 Å². The molecule has 0 radical (unpaired) electrons. The third-order valence-electron chi connectivity index (χ3n) is 2.72. The average Bonchev–Trinajstić information content (AvgIpc) is 2.38. The normalized spacial score (nSPS) is 10.8. The van der Waals surface area contributed by atoms with Crippen LogP contribution >= 0.6 is 12.4 Å². The summed E-state index contributed by atoms with van der Waals surface area (Å²) in [7, 11) is -0.401. The molecule has 0 heterocycles. The lowest BCUT2D eigenvalue weighted by molar-refractivity contribution is -0.116. The van der Waals surface area contributed by atoms with Crippen LogP contribution in [0.25, 0.3) is 0 Å². The number of carbonyl (C=O) groups excluding carboxylic acids is 1. The van der Waals surface area contributed by atoms with Gasteiger partial charge in [-0.3, -0.25) is 4.79 Å². The molecule has 0 aliphatic carbocycles. The fourth-order valence-corrected chi connectivity index (χ4v) is 2.59. The van der Waals surface area contributed by atoms with Gasteiger partial charge in [-0.15, -0.1) is 12.4 Å². The van der Waals surface area contributed by atoms with Crippen molar-refractivity contribution in [1.29, 1.82) is 0 Å². The highest BCUT2D eigenvalue weighted by molar-refractivity contribution is 7.89. The van der Waals surface area contributed by atoms with E-state index in [1.807, 2.05) is 0 Å². The highest BCUT2D eigenvalue weighted by Gasteiger charge is 2.17. The summed E-state index contributed by atoms with van der Waals surface area (Å²) < 4.78 is 25.9. The van der Waals surface area contributed by atoms with E-state index in [1.54, 1.807) is 26.1 Å². The lowest BCUT2D eigenvalue weighted by Gasteiger charge is -2.12. The fourth-order valence-electron chi connectivity index (χ4n) is 1.60. The lowest BCUT2D eigenvalue weighted by atomic mass is 10.2. The van der Waals surface area contributed by atoms with Gasteiger partial charge in [-0.1, -0.05) is 6.07 Å². The molecule has 6 nitrogen and oxygen atoms in total. The van der Waals surface area contributed by atoms with Crippen molar-refractivity contribution in [2.75, 3.05) is 26.0 Å². The maximum absolute atomic E-state index is 11.8. The number of anilines is 1. The Balaban J connectivity index is 0.00000361. The summed E-state index contributed by atoms with van der Waals surface area (Å²) in [6.45, 7) is 2.23. The largest absolute Gasteiger partial charge is 0.326 e. The van der Waals surface area contributed by atoms with Gasteiger partial charge in [0, 0.05) is 18.7 Å². The van der Waals surface area contributed by atoms with Crippen molar-refractivity contribution in [2.24, 2.45) is 0 Å². The van der Waals surface area contributed by atoms with E-state index in [0.29, 0.717) is 24.2 Å². The van der Waals surface area contributed by atoms with Crippen LogP contribution in [0.15, 0.2) is 23.1 Å². The van der Waals surface area contributed by atoms with Gasteiger partial charge in [-0.05, 0) is 38.7 Å². The molecule has 0 bridgehead atoms. The summed E-state index contributed by atoms with van der Waals surface area (Å²) in [6, 6.07) is 4.79. The minimum atomic E-state index is -3.52. The molecule has 1 amide bonds. The molecule has 0 unspecified atom stereocenters. The Hall–Kier alpha value is -1.15. The lowest BCUT2D eigenvalue weighted by Crippen LogP contribution is -2.22. The zero-order chi connectivity index (χ0) is 14.5. The standard InChI is InChI=1S/C12H19N3O3S.ClH/c1-9-10(15-12(16)7-8-13-2)5-4-6-11(9)19(17,18)14-3;/h4-6,13-14H,7-8H2,1-3H3,(H,15,16);1H. The molecular formula is C12H20ClN3O3S. The topological polar surface area (TPSA) is 87.3 Å². The monoisotopic (exact) mass is 321 g/mol. The van der Waals surface area contributed by atoms with Crippen LogP contribution < -0.4 is 15.4 Å². The van der Waals surface area contributed by atoms with Crippen LogP contribution in [0.4, 0.5) is 5.69 Å². The summed E-state index contributed by atoms with van der Waals surface area (Å²) in [5, 5.41) is 5.59. The van der Waals surface area contributed by atoms with Gasteiger partial charge in [0.1, 0.15) is 0 Å². The average molecular weight is 322 g/mol. The van der Waals surface area contributed by atoms with Crippen molar-refractivity contribution in [3.63, 3.8) is 0 Å². The molecule has 0 spiro atoms. The summed E-state index contributed by atoms with van der Waals surface area (Å²) in [5.74, 6) is -0.156. The van der Waals surface area contributed by atoms with Gasteiger partial charge in [-0.25, -0.2) is 13.1 Å². The van der Waals surface area contributed by atoms with Crippen molar-refractivity contribution >= 4 is 34.0 Å². The first-order valence-corrected chi connectivity index (χ1v) is 7.38. The first-order chi connectivity index (χ1) is 8.92. The number of rotatable bonds is 6. The molecule has 1 aromatic carbocycles. The van der Waals surface area contributed by atoms with Crippen molar-refractivity contribution in [3.8, 4) is 0 Å². The van der Waals surface area contributed by atoms with E-state index >= 15 is 0 Å². The Labute approximate surface area is 125 Å². The van der Waals surface area contributed by atoms with E-state index in [-0.39, 0.29) is 23.2 Å². The quantitative estimate of drug-likeness (QED) is 0.725. The van der Waals surface area contributed by atoms with Gasteiger partial charge in [0.25, 0.3) is 0 Å². The summed E-state index contributed by atoms with van der Waals surface area (Å²) >= 11 is 0. The maximum Gasteiger partial charge on any atom is 0.240 e. The third kappa shape index (κ3) is 4.75. The Morgan fingerprint density at radius 1 is 1.25 bits per heavy atom. The number of halogens is 1. The Kier molecular flexibility index (Phi) is 7.74. The van der Waals surface area contributed by atoms with Gasteiger partial charge in [0.15, 0.2) is 0 Å². The van der Waals surface area contributed by atoms with E-state index in [0.717, 1.165) is 0 Å². The minimum absolute atomic E-state index is 0. The van der Waals surface area contributed by atoms with Gasteiger partial charge in [0.2, 0.25) is 15.9 Å². The first kappa shape index (κ1) is 18.9. The molecule has 0 fully saturated rings. The second-order valence-corrected chi connectivity index (χ2v) is 5.89. The van der Waals surface area contributed by atoms with Crippen LogP contribution in [0, 0.1) is 6.92 Å². The SMILES string of the molecule is CNCCC(=O)Nc1cccc(S(=O)(=O)NC)c1C.Cl. The van der Waals surface area contributed by atoms with Gasteiger partial charge in [-0.2, -0.15) is 0 Å². The number of hydrogen-bond acceptors (Lipinski definition) is 4. The van der Waals surface area contributed by atoms with Gasteiger partial charge >= 0.3 is 0 Å². The van der Waals surface area contributed by atoms with Crippen LogP contribution in [-0.2, 0) is 14.8 Å². The highest BCUT2D eigenvalue weighted by atomic mass is 35.5. The predicted molar refractivity (Wildman–Crippen MR) is 81.8 cm³/mol. The van der Waals surface area contributed by atoms with Crippen molar-refractivity contribution in [1.82, 2.24) is 10.0 Å². The Morgan fingerprint density at radius 3 is 2.45 bits per heavy atom. The Morgan fingerprint density at radius 2 is 1.90 bits per heavy atom. The maximum atomic E-state index is 11.8. The predicted octanol–water partition coefficient (Wildman–Crippen LogP) is 0.873. The van der Waals surface area contributed by atoms with E-state index in [2.05, 4.69) is 15.4 Å². The van der Waals surface area contributed by atoms with E-state index in [1.165, 1.54) is 13.1 Å². The van der Waals surface area contributed by atoms with Crippen LogP contribution in [0.1, 0.15) is 12.0 Å². The van der Waals surface area contributed by atoms with Crippen LogP contribution in [0.3, 0.4) is 0 Å². The third-order valence-corrected chi connectivity index (χ3v) is 4.28. The number of carbonyl (C=O) groups is 1. The summed E-state index contributed by atoms with van der Waals surface area (Å²) in [4.78, 5) is 11.8. The zero-order valence-corrected chi connectivity index (χ0v) is 13.3. The number of sulfonamides is 1. The molecule has 114 valence electrons. The number of amides is 1. The van der Waals surface area contributed by atoms with E-state index in [9.17, 15) is 13.2 Å². The summed E-state index contributed by atoms with van der Waals surface area (Å²) in [5.41, 5.74) is 1.03. The van der Waals surface area contributed by atoms with E-state index < -0.39 is 10.0 Å². The smallest absolute Gasteiger partial charge is 0.240 e. The molecule has 0 aliphatic rings. The highest BCUT2D eigenvalue weighted by Crippen LogP contribution is 2.22. The number of hydrogen-bond donors (Lipinski definition) is 3. The van der Waals surface area contributed by atoms with Gasteiger partial charge in [0.05, 0.1) is 4.90 Å². The van der Waals surface area contributed by atoms with Crippen molar-refractivity contribution in [3.05, 3.63) is 23.8 Å². The molecular weight excluding hydrogens is 302 g/mol. The van der Waals surface area contributed by atoms with Crippen LogP contribution in [0.2, 0.25) is 0 Å². The second kappa shape index (κ2) is 8.21. The van der Waals surface area contributed by atoms with E-state index in [4.69, 9.17) is 0 Å². The van der Waals surface area contributed by atoms with Crippen molar-refractivity contribution < 1.29 is 13.2 Å². The second-order valence-electron chi connectivity index (χ2n) is 4.04. The minimum Gasteiger partial charge on any atom is -0.326 e. The Bertz CT molecular complexity index is 561. The number of benzene rings is 1. The first-order valence-electron chi connectivity index (χ1n) is 5.90. The molecule has 1 rings (SSSR count). The molecule has 20 heavy (non-hydrogen) atoms. The fraction of sp³-hybridized carbons (Fsp3) is 0.417. The molecule has 1 aromatic rings. The molecule has 0 saturated carbocycles. The molecule has 0 saturated heterocycles. The zero-order valence-electron chi connectivity index (χ0n) is 11.7. The molecule has 8 heteroatoms. The molecule has 0 aliphatic heterocycles. The summed E-state index contributed by atoms with van der Waals surface area (Å²) in [6.07, 6.45) is 0.332. The molecule has 0 atom stereocenters.